The lowest BCUT2D eigenvalue weighted by atomic mass is 9.68. The molecule has 0 atom stereocenters. The first-order chi connectivity index (χ1) is 35.3. The summed E-state index contributed by atoms with van der Waals surface area (Å²) in [6, 6.07) is 96.2. The van der Waals surface area contributed by atoms with E-state index in [0.29, 0.717) is 0 Å². The molecule has 0 aliphatic heterocycles. The van der Waals surface area contributed by atoms with Gasteiger partial charge < -0.3 is 0 Å². The van der Waals surface area contributed by atoms with Crippen LogP contribution in [0, 0.1) is 0 Å². The zero-order valence-electron chi connectivity index (χ0n) is 38.7. The number of rotatable bonds is 3. The van der Waals surface area contributed by atoms with E-state index >= 15 is 0 Å². The fourth-order valence-electron chi connectivity index (χ4n) is 13.7. The average molecular weight is 895 g/mol. The van der Waals surface area contributed by atoms with Crippen LogP contribution in [0.2, 0.25) is 0 Å². The van der Waals surface area contributed by atoms with Crippen LogP contribution < -0.4 is 0 Å². The van der Waals surface area contributed by atoms with E-state index in [1.54, 1.807) is 0 Å². The van der Waals surface area contributed by atoms with Gasteiger partial charge in [0.2, 0.25) is 0 Å². The molecule has 0 N–H and O–H groups in total. The summed E-state index contributed by atoms with van der Waals surface area (Å²) in [5, 5.41) is 17.9. The summed E-state index contributed by atoms with van der Waals surface area (Å²) >= 11 is 0. The van der Waals surface area contributed by atoms with Crippen LogP contribution in [0.5, 0.6) is 0 Å². The van der Waals surface area contributed by atoms with Gasteiger partial charge in [0.1, 0.15) is 0 Å². The van der Waals surface area contributed by atoms with E-state index in [0.717, 1.165) is 0 Å². The Morgan fingerprint density at radius 3 is 1.37 bits per heavy atom. The Bertz CT molecular complexity index is 4540. The Balaban J connectivity index is 0.944. The molecule has 0 radical (unpaired) electrons. The fraction of sp³-hybridized carbons (Fsp3) is 0.0141. The van der Waals surface area contributed by atoms with Gasteiger partial charge in [-0.15, -0.1) is 0 Å². The summed E-state index contributed by atoms with van der Waals surface area (Å²) < 4.78 is 0. The third-order valence-electron chi connectivity index (χ3n) is 16.4. The quantitative estimate of drug-likeness (QED) is 0.122. The molecule has 0 saturated heterocycles. The van der Waals surface area contributed by atoms with Gasteiger partial charge in [-0.1, -0.05) is 237 Å². The summed E-state index contributed by atoms with van der Waals surface area (Å²) in [5.41, 5.74) is 17.8. The first kappa shape index (κ1) is 38.8. The lowest BCUT2D eigenvalue weighted by Gasteiger charge is -2.32. The highest BCUT2D eigenvalue weighted by atomic mass is 14.5. The standard InChI is InChI=1S/C71H42/c1-4-23-49-43(18-1)36-39-61-68-55-29-8-7-26-52(55)62-41-45(37-38-60(62)70(68)71(69(49)61)64-34-15-13-27-53(64)54-28-14-16-35-65(54)71)44-20-17-21-47(40-44)66-56-30-9-11-32-58(56)67(59-33-12-10-31-57(59)66)63-42-46-19-2-3-22-48(46)50-24-5-6-25-51(50)63/h1-42H. The topological polar surface area (TPSA) is 0 Å². The summed E-state index contributed by atoms with van der Waals surface area (Å²) in [6.07, 6.45) is 0. The van der Waals surface area contributed by atoms with Crippen molar-refractivity contribution in [3.05, 3.63) is 277 Å². The van der Waals surface area contributed by atoms with Crippen molar-refractivity contribution in [2.75, 3.05) is 0 Å². The van der Waals surface area contributed by atoms with Crippen LogP contribution in [0.15, 0.2) is 255 Å². The van der Waals surface area contributed by atoms with Crippen molar-refractivity contribution in [2.45, 2.75) is 5.41 Å². The van der Waals surface area contributed by atoms with Gasteiger partial charge in [0.05, 0.1) is 5.41 Å². The largest absolute Gasteiger partial charge is 0.0737 e. The van der Waals surface area contributed by atoms with Crippen LogP contribution in [0.25, 0.3) is 131 Å². The van der Waals surface area contributed by atoms with Crippen LogP contribution in [-0.2, 0) is 5.41 Å². The molecule has 16 rings (SSSR count). The van der Waals surface area contributed by atoms with E-state index in [1.165, 1.54) is 153 Å². The fourth-order valence-corrected chi connectivity index (χ4v) is 13.7. The number of hydrogen-bond acceptors (Lipinski definition) is 0. The van der Waals surface area contributed by atoms with Crippen molar-refractivity contribution in [2.24, 2.45) is 0 Å². The van der Waals surface area contributed by atoms with E-state index in [4.69, 9.17) is 0 Å². The molecule has 14 aromatic carbocycles. The zero-order valence-corrected chi connectivity index (χ0v) is 38.7. The van der Waals surface area contributed by atoms with Gasteiger partial charge in [0.15, 0.2) is 0 Å². The highest BCUT2D eigenvalue weighted by molar-refractivity contribution is 6.26. The average Bonchev–Trinajstić information content (AvgIpc) is 3.92. The minimum absolute atomic E-state index is 0.504. The second-order valence-corrected chi connectivity index (χ2v) is 19.7. The Morgan fingerprint density at radius 2 is 0.690 bits per heavy atom. The van der Waals surface area contributed by atoms with Gasteiger partial charge >= 0.3 is 0 Å². The molecule has 14 aromatic rings. The Kier molecular flexibility index (Phi) is 7.91. The van der Waals surface area contributed by atoms with Crippen molar-refractivity contribution < 1.29 is 0 Å². The third-order valence-corrected chi connectivity index (χ3v) is 16.4. The minimum Gasteiger partial charge on any atom is -0.0619 e. The molecule has 0 bridgehead atoms. The van der Waals surface area contributed by atoms with E-state index in [-0.39, 0.29) is 0 Å². The van der Waals surface area contributed by atoms with Gasteiger partial charge in [0, 0.05) is 0 Å². The maximum Gasteiger partial charge on any atom is 0.0737 e. The molecule has 0 unspecified atom stereocenters. The summed E-state index contributed by atoms with van der Waals surface area (Å²) in [6.45, 7) is 0. The molecule has 2 aliphatic rings. The molecular formula is C71H42. The van der Waals surface area contributed by atoms with Crippen LogP contribution in [0.4, 0.5) is 0 Å². The molecule has 71 heavy (non-hydrogen) atoms. The van der Waals surface area contributed by atoms with E-state index in [9.17, 15) is 0 Å². The van der Waals surface area contributed by atoms with Crippen molar-refractivity contribution in [1.82, 2.24) is 0 Å². The molecule has 0 nitrogen and oxygen atoms in total. The van der Waals surface area contributed by atoms with E-state index < -0.39 is 5.41 Å². The normalized spacial score (nSPS) is 13.2. The Labute approximate surface area is 411 Å². The third kappa shape index (κ3) is 5.13. The lowest BCUT2D eigenvalue weighted by Crippen LogP contribution is -2.26. The predicted molar refractivity (Wildman–Crippen MR) is 302 cm³/mol. The molecule has 326 valence electrons. The summed E-state index contributed by atoms with van der Waals surface area (Å²) in [4.78, 5) is 0. The van der Waals surface area contributed by atoms with Crippen LogP contribution >= 0.6 is 0 Å². The van der Waals surface area contributed by atoms with Crippen LogP contribution in [0.3, 0.4) is 0 Å². The second kappa shape index (κ2) is 14.5. The van der Waals surface area contributed by atoms with Crippen molar-refractivity contribution in [1.29, 1.82) is 0 Å². The Hall–Kier alpha value is -9.10. The number of hydrogen-bond donors (Lipinski definition) is 0. The first-order valence-electron chi connectivity index (χ1n) is 24.9. The molecule has 0 heteroatoms. The second-order valence-electron chi connectivity index (χ2n) is 19.7. The zero-order chi connectivity index (χ0) is 46.4. The minimum atomic E-state index is -0.504. The Morgan fingerprint density at radius 1 is 0.197 bits per heavy atom. The van der Waals surface area contributed by atoms with Crippen LogP contribution in [0.1, 0.15) is 22.3 Å². The van der Waals surface area contributed by atoms with Crippen LogP contribution in [-0.4, -0.2) is 0 Å². The van der Waals surface area contributed by atoms with Crippen molar-refractivity contribution >= 4 is 75.4 Å². The number of fused-ring (bicyclic) bond motifs is 22. The monoisotopic (exact) mass is 894 g/mol. The van der Waals surface area contributed by atoms with Gasteiger partial charge in [-0.2, -0.15) is 0 Å². The molecule has 0 amide bonds. The van der Waals surface area contributed by atoms with Crippen molar-refractivity contribution in [3.8, 4) is 55.6 Å². The summed E-state index contributed by atoms with van der Waals surface area (Å²) in [5.74, 6) is 0. The van der Waals surface area contributed by atoms with Gasteiger partial charge in [0.25, 0.3) is 0 Å². The maximum atomic E-state index is 2.49. The molecular weight excluding hydrogens is 853 g/mol. The van der Waals surface area contributed by atoms with Gasteiger partial charge in [-0.05, 0) is 171 Å². The predicted octanol–water partition coefficient (Wildman–Crippen LogP) is 19.1. The highest BCUT2D eigenvalue weighted by Crippen LogP contribution is 2.66. The maximum absolute atomic E-state index is 2.49. The SMILES string of the molecule is c1cc(-c2ccc3c4c(c5ccccc5c3c2)-c2ccc3ccccc3c2C42c3ccccc3-c3ccccc32)cc(-c2c3ccccc3c(-c3cc4ccccc4c4ccccc34)c3ccccc23)c1. The molecule has 0 fully saturated rings. The van der Waals surface area contributed by atoms with Gasteiger partial charge in [-0.3, -0.25) is 0 Å². The van der Waals surface area contributed by atoms with E-state index in [2.05, 4.69) is 255 Å². The van der Waals surface area contributed by atoms with Gasteiger partial charge in [-0.25, -0.2) is 0 Å². The molecule has 0 aromatic heterocycles. The molecule has 0 saturated carbocycles. The summed E-state index contributed by atoms with van der Waals surface area (Å²) in [7, 11) is 0. The molecule has 0 heterocycles. The smallest absolute Gasteiger partial charge is 0.0619 e. The lowest BCUT2D eigenvalue weighted by molar-refractivity contribution is 0.809. The molecule has 1 spiro atoms. The number of benzene rings is 14. The highest BCUT2D eigenvalue weighted by Gasteiger charge is 2.53. The van der Waals surface area contributed by atoms with E-state index in [1.807, 2.05) is 0 Å². The molecule has 2 aliphatic carbocycles. The van der Waals surface area contributed by atoms with Crippen molar-refractivity contribution in [3.63, 3.8) is 0 Å². The first-order valence-corrected chi connectivity index (χ1v) is 24.9.